The van der Waals surface area contributed by atoms with Gasteiger partial charge in [-0.2, -0.15) is 0 Å². The quantitative estimate of drug-likeness (QED) is 0.584. The molecule has 1 atom stereocenters. The minimum absolute atomic E-state index is 0.0244. The van der Waals surface area contributed by atoms with E-state index in [0.717, 1.165) is 4.90 Å². The largest absolute Gasteiger partial charge is 0.353 e. The molecule has 1 N–H and O–H groups in total. The van der Waals surface area contributed by atoms with Crippen LogP contribution in [0.25, 0.3) is 0 Å². The number of hydrogen-bond donors (Lipinski definition) is 1. The Morgan fingerprint density at radius 2 is 1.66 bits per heavy atom. The molecule has 1 saturated heterocycles. The Hall–Kier alpha value is -2.41. The number of carbonyl (C=O) groups is 4. The van der Waals surface area contributed by atoms with Crippen LogP contribution in [-0.4, -0.2) is 64.5 Å². The molecule has 7 nitrogen and oxygen atoms in total. The Morgan fingerprint density at radius 3 is 2.14 bits per heavy atom. The van der Waals surface area contributed by atoms with E-state index in [1.807, 2.05) is 0 Å². The van der Waals surface area contributed by atoms with E-state index in [0.29, 0.717) is 37.1 Å². The van der Waals surface area contributed by atoms with Crippen molar-refractivity contribution < 1.29 is 19.2 Å². The summed E-state index contributed by atoms with van der Waals surface area (Å²) in [4.78, 5) is 53.1. The number of benzene rings is 1. The minimum Gasteiger partial charge on any atom is -0.353 e. The molecule has 8 heteroatoms. The lowest BCUT2D eigenvalue weighted by atomic mass is 9.93. The number of fused-ring (bicyclic) bond motifs is 1. The second-order valence-corrected chi connectivity index (χ2v) is 8.56. The average Bonchev–Trinajstić information content (AvgIpc) is 2.98. The molecule has 1 aromatic rings. The highest BCUT2D eigenvalue weighted by Gasteiger charge is 2.42. The van der Waals surface area contributed by atoms with Crippen LogP contribution >= 0.6 is 11.6 Å². The van der Waals surface area contributed by atoms with Gasteiger partial charge in [0.1, 0.15) is 6.04 Å². The first-order valence-electron chi connectivity index (χ1n) is 9.80. The van der Waals surface area contributed by atoms with Crippen LogP contribution in [0.15, 0.2) is 24.3 Å². The first-order valence-corrected chi connectivity index (χ1v) is 10.3. The van der Waals surface area contributed by atoms with Gasteiger partial charge in [0.15, 0.2) is 0 Å². The zero-order valence-electron chi connectivity index (χ0n) is 16.9. The molecule has 3 rings (SSSR count). The van der Waals surface area contributed by atoms with Crippen LogP contribution in [-0.2, 0) is 9.59 Å². The number of piperidine rings is 1. The lowest BCUT2D eigenvalue weighted by molar-refractivity contribution is -0.136. The number of imide groups is 1. The molecule has 1 unspecified atom stereocenters. The molecular formula is C21H26ClN3O4. The van der Waals surface area contributed by atoms with Gasteiger partial charge < -0.3 is 10.2 Å². The van der Waals surface area contributed by atoms with Crippen molar-refractivity contribution in [3.05, 3.63) is 35.4 Å². The lowest BCUT2D eigenvalue weighted by Gasteiger charge is -2.36. The van der Waals surface area contributed by atoms with Crippen LogP contribution in [0, 0.1) is 5.41 Å². The molecule has 0 bridgehead atoms. The van der Waals surface area contributed by atoms with Crippen molar-refractivity contribution in [3.8, 4) is 0 Å². The summed E-state index contributed by atoms with van der Waals surface area (Å²) in [7, 11) is 0. The molecule has 0 spiro atoms. The van der Waals surface area contributed by atoms with Crippen LogP contribution in [0.3, 0.4) is 0 Å². The normalized spacial score (nSPS) is 18.6. The Balaban J connectivity index is 1.59. The Bertz CT molecular complexity index is 811. The zero-order chi connectivity index (χ0) is 21.3. The number of rotatable bonds is 5. The van der Waals surface area contributed by atoms with E-state index in [9.17, 15) is 19.2 Å². The number of halogens is 1. The first kappa shape index (κ1) is 21.3. The fraction of sp³-hybridized carbons (Fsp3) is 0.524. The number of likely N-dealkylation sites (tertiary alicyclic amines) is 1. The molecule has 0 aromatic heterocycles. The molecule has 156 valence electrons. The van der Waals surface area contributed by atoms with Gasteiger partial charge in [-0.05, 0) is 45.7 Å². The zero-order valence-corrected chi connectivity index (χ0v) is 17.7. The summed E-state index contributed by atoms with van der Waals surface area (Å²) in [5.74, 6) is -0.996. The fourth-order valence-electron chi connectivity index (χ4n) is 3.62. The summed E-state index contributed by atoms with van der Waals surface area (Å²) in [6, 6.07) is 5.70. The van der Waals surface area contributed by atoms with E-state index in [1.54, 1.807) is 49.9 Å². The lowest BCUT2D eigenvalue weighted by Crippen LogP contribution is -2.54. The molecule has 0 saturated carbocycles. The second kappa shape index (κ2) is 8.14. The van der Waals surface area contributed by atoms with E-state index in [1.165, 1.54) is 0 Å². The topological polar surface area (TPSA) is 86.8 Å². The highest BCUT2D eigenvalue weighted by Crippen LogP contribution is 2.26. The Kier molecular flexibility index (Phi) is 5.98. The monoisotopic (exact) mass is 419 g/mol. The van der Waals surface area contributed by atoms with E-state index < -0.39 is 23.3 Å². The number of alkyl halides is 1. The van der Waals surface area contributed by atoms with Gasteiger partial charge in [-0.3, -0.25) is 24.1 Å². The second-order valence-electron chi connectivity index (χ2n) is 8.29. The molecule has 1 fully saturated rings. The summed E-state index contributed by atoms with van der Waals surface area (Å²) in [5, 5.41) is 3.00. The van der Waals surface area contributed by atoms with E-state index >= 15 is 0 Å². The van der Waals surface area contributed by atoms with Gasteiger partial charge in [0.25, 0.3) is 11.8 Å². The maximum atomic E-state index is 12.9. The molecule has 0 radical (unpaired) electrons. The van der Waals surface area contributed by atoms with Crippen molar-refractivity contribution in [2.24, 2.45) is 5.41 Å². The van der Waals surface area contributed by atoms with Gasteiger partial charge in [-0.15, -0.1) is 11.6 Å². The first-order chi connectivity index (χ1) is 13.7. The van der Waals surface area contributed by atoms with Gasteiger partial charge in [-0.25, -0.2) is 0 Å². The molecule has 0 aliphatic carbocycles. The number of carbonyl (C=O) groups excluding carboxylic acids is 4. The van der Waals surface area contributed by atoms with Crippen LogP contribution in [0.2, 0.25) is 0 Å². The molecule has 2 heterocycles. The number of nitrogens with zero attached hydrogens (tertiary/aromatic N) is 2. The standard InChI is InChI=1S/C21H26ClN3O4/c1-13(25-18(27)15-6-4-5-7-16(15)19(25)28)17(26)24-10-8-14(9-11-24)23-20(29)21(2,3)12-22/h4-7,13-14H,8-12H2,1-3H3,(H,23,29). The predicted molar refractivity (Wildman–Crippen MR) is 109 cm³/mol. The van der Waals surface area contributed by atoms with Crippen LogP contribution < -0.4 is 5.32 Å². The van der Waals surface area contributed by atoms with Crippen LogP contribution in [0.1, 0.15) is 54.3 Å². The van der Waals surface area contributed by atoms with E-state index in [4.69, 9.17) is 11.6 Å². The molecule has 4 amide bonds. The third-order valence-corrected chi connectivity index (χ3v) is 6.33. The average molecular weight is 420 g/mol. The fourth-order valence-corrected chi connectivity index (χ4v) is 3.74. The van der Waals surface area contributed by atoms with Crippen molar-refractivity contribution >= 4 is 35.2 Å². The van der Waals surface area contributed by atoms with E-state index in [-0.39, 0.29) is 23.7 Å². The number of hydrogen-bond acceptors (Lipinski definition) is 4. The van der Waals surface area contributed by atoms with Crippen molar-refractivity contribution in [2.45, 2.75) is 45.7 Å². The number of nitrogens with one attached hydrogen (secondary N) is 1. The third-order valence-electron chi connectivity index (χ3n) is 5.66. The molecular weight excluding hydrogens is 394 g/mol. The van der Waals surface area contributed by atoms with Gasteiger partial charge in [0.2, 0.25) is 11.8 Å². The smallest absolute Gasteiger partial charge is 0.262 e. The van der Waals surface area contributed by atoms with Gasteiger partial charge in [0.05, 0.1) is 16.5 Å². The van der Waals surface area contributed by atoms with Crippen molar-refractivity contribution in [1.82, 2.24) is 15.1 Å². The predicted octanol–water partition coefficient (Wildman–Crippen LogP) is 2.04. The number of amides is 4. The highest BCUT2D eigenvalue weighted by atomic mass is 35.5. The van der Waals surface area contributed by atoms with Crippen molar-refractivity contribution in [1.29, 1.82) is 0 Å². The Labute approximate surface area is 175 Å². The van der Waals surface area contributed by atoms with Crippen molar-refractivity contribution in [2.75, 3.05) is 19.0 Å². The third kappa shape index (κ3) is 4.01. The molecule has 2 aliphatic heterocycles. The summed E-state index contributed by atoms with van der Waals surface area (Å²) in [5.41, 5.74) is 0.0232. The van der Waals surface area contributed by atoms with Crippen LogP contribution in [0.4, 0.5) is 0 Å². The molecule has 29 heavy (non-hydrogen) atoms. The maximum absolute atomic E-state index is 12.9. The van der Waals surface area contributed by atoms with Gasteiger partial charge in [-0.1, -0.05) is 12.1 Å². The Morgan fingerprint density at radius 1 is 1.14 bits per heavy atom. The summed E-state index contributed by atoms with van der Waals surface area (Å²) >= 11 is 5.85. The minimum atomic E-state index is -0.872. The molecule has 2 aliphatic rings. The van der Waals surface area contributed by atoms with Gasteiger partial charge in [0, 0.05) is 25.0 Å². The highest BCUT2D eigenvalue weighted by molar-refractivity contribution is 6.22. The maximum Gasteiger partial charge on any atom is 0.262 e. The summed E-state index contributed by atoms with van der Waals surface area (Å²) < 4.78 is 0. The summed E-state index contributed by atoms with van der Waals surface area (Å²) in [6.45, 7) is 6.08. The van der Waals surface area contributed by atoms with Gasteiger partial charge >= 0.3 is 0 Å². The molecule has 1 aromatic carbocycles. The SMILES string of the molecule is CC(C(=O)N1CCC(NC(=O)C(C)(C)CCl)CC1)N1C(=O)c2ccccc2C1=O. The summed E-state index contributed by atoms with van der Waals surface area (Å²) in [6.07, 6.45) is 1.23. The van der Waals surface area contributed by atoms with E-state index in [2.05, 4.69) is 5.32 Å². The van der Waals surface area contributed by atoms with Crippen LogP contribution in [0.5, 0.6) is 0 Å². The van der Waals surface area contributed by atoms with Crippen molar-refractivity contribution in [3.63, 3.8) is 0 Å².